The van der Waals surface area contributed by atoms with E-state index >= 15 is 0 Å². The SMILES string of the molecule is CN(C)c1ccc([C@@H](C#C[Si](C)(C)C)[C@H](C=O)CO[Si](C)(C)C(C)(C)C)cc1. The van der Waals surface area contributed by atoms with Gasteiger partial charge in [-0.05, 0) is 35.8 Å². The second-order valence-corrected chi connectivity index (χ2v) is 19.9. The summed E-state index contributed by atoms with van der Waals surface area (Å²) < 4.78 is 6.39. The van der Waals surface area contributed by atoms with Gasteiger partial charge < -0.3 is 14.1 Å². The molecule has 0 saturated carbocycles. The Morgan fingerprint density at radius 2 is 1.61 bits per heavy atom. The molecule has 0 amide bonds. The van der Waals surface area contributed by atoms with Crippen molar-refractivity contribution in [2.75, 3.05) is 25.6 Å². The van der Waals surface area contributed by atoms with Crippen molar-refractivity contribution in [1.29, 1.82) is 0 Å². The molecule has 1 rings (SSSR count). The highest BCUT2D eigenvalue weighted by molar-refractivity contribution is 6.83. The summed E-state index contributed by atoms with van der Waals surface area (Å²) in [5.41, 5.74) is 5.71. The number of rotatable bonds is 7. The van der Waals surface area contributed by atoms with E-state index in [1.807, 2.05) is 14.1 Å². The van der Waals surface area contributed by atoms with E-state index in [0.717, 1.165) is 17.5 Å². The molecular formula is C23H39NO2Si2. The van der Waals surface area contributed by atoms with Gasteiger partial charge in [-0.3, -0.25) is 0 Å². The quantitative estimate of drug-likeness (QED) is 0.331. The van der Waals surface area contributed by atoms with E-state index < -0.39 is 16.4 Å². The summed E-state index contributed by atoms with van der Waals surface area (Å²) in [6, 6.07) is 8.38. The smallest absolute Gasteiger partial charge is 0.192 e. The van der Waals surface area contributed by atoms with Gasteiger partial charge in [0.15, 0.2) is 8.32 Å². The summed E-state index contributed by atoms with van der Waals surface area (Å²) in [5.74, 6) is 3.06. The topological polar surface area (TPSA) is 29.5 Å². The molecule has 0 radical (unpaired) electrons. The zero-order valence-electron chi connectivity index (χ0n) is 19.5. The van der Waals surface area contributed by atoms with Crippen LogP contribution in [0.25, 0.3) is 0 Å². The number of carbonyl (C=O) groups is 1. The largest absolute Gasteiger partial charge is 0.416 e. The summed E-state index contributed by atoms with van der Waals surface area (Å²) in [6.45, 7) is 18.2. The Bertz CT molecular complexity index is 701. The normalized spacial score (nSPS) is 14.6. The Balaban J connectivity index is 3.21. The number of nitrogens with zero attached hydrogens (tertiary/aromatic N) is 1. The summed E-state index contributed by atoms with van der Waals surface area (Å²) in [7, 11) is 0.587. The molecule has 0 aliphatic heterocycles. The lowest BCUT2D eigenvalue weighted by molar-refractivity contribution is -0.112. The first-order chi connectivity index (χ1) is 12.7. The number of anilines is 1. The first-order valence-corrected chi connectivity index (χ1v) is 16.5. The Labute approximate surface area is 175 Å². The predicted octanol–water partition coefficient (Wildman–Crippen LogP) is 5.55. The van der Waals surface area contributed by atoms with Crippen molar-refractivity contribution in [3.05, 3.63) is 29.8 Å². The molecule has 0 unspecified atom stereocenters. The third kappa shape index (κ3) is 7.23. The maximum absolute atomic E-state index is 12.1. The van der Waals surface area contributed by atoms with Gasteiger partial charge in [-0.15, -0.1) is 11.5 Å². The molecule has 156 valence electrons. The van der Waals surface area contributed by atoms with Crippen LogP contribution in [-0.2, 0) is 9.22 Å². The van der Waals surface area contributed by atoms with Crippen LogP contribution in [0.2, 0.25) is 37.8 Å². The fraction of sp³-hybridized carbons (Fsp3) is 0.609. The molecule has 5 heteroatoms. The highest BCUT2D eigenvalue weighted by Gasteiger charge is 2.38. The zero-order chi connectivity index (χ0) is 21.8. The van der Waals surface area contributed by atoms with E-state index in [-0.39, 0.29) is 16.9 Å². The van der Waals surface area contributed by atoms with Crippen molar-refractivity contribution in [2.45, 2.75) is 64.5 Å². The minimum atomic E-state index is -1.92. The van der Waals surface area contributed by atoms with Crippen LogP contribution < -0.4 is 4.90 Å². The van der Waals surface area contributed by atoms with Crippen LogP contribution in [0.1, 0.15) is 32.3 Å². The third-order valence-corrected chi connectivity index (χ3v) is 10.8. The number of aldehydes is 1. The molecule has 3 nitrogen and oxygen atoms in total. The third-order valence-electron chi connectivity index (χ3n) is 5.42. The van der Waals surface area contributed by atoms with Crippen LogP contribution in [0.3, 0.4) is 0 Å². The minimum absolute atomic E-state index is 0.118. The van der Waals surface area contributed by atoms with Crippen molar-refractivity contribution < 1.29 is 9.22 Å². The van der Waals surface area contributed by atoms with Gasteiger partial charge in [0.2, 0.25) is 0 Å². The van der Waals surface area contributed by atoms with Gasteiger partial charge in [-0.1, -0.05) is 52.5 Å². The monoisotopic (exact) mass is 417 g/mol. The van der Waals surface area contributed by atoms with Gasteiger partial charge in [0.25, 0.3) is 0 Å². The van der Waals surface area contributed by atoms with Crippen molar-refractivity contribution in [3.8, 4) is 11.5 Å². The van der Waals surface area contributed by atoms with Crippen LogP contribution in [0, 0.1) is 17.4 Å². The number of hydrogen-bond donors (Lipinski definition) is 0. The lowest BCUT2D eigenvalue weighted by Gasteiger charge is -2.37. The molecule has 2 atom stereocenters. The Kier molecular flexibility index (Phi) is 8.31. The minimum Gasteiger partial charge on any atom is -0.416 e. The molecular weight excluding hydrogens is 378 g/mol. The Morgan fingerprint density at radius 3 is 2.00 bits per heavy atom. The fourth-order valence-electron chi connectivity index (χ4n) is 2.45. The van der Waals surface area contributed by atoms with E-state index in [2.05, 4.69) is 94.1 Å². The van der Waals surface area contributed by atoms with E-state index in [0.29, 0.717) is 6.61 Å². The van der Waals surface area contributed by atoms with Gasteiger partial charge >= 0.3 is 0 Å². The van der Waals surface area contributed by atoms with Crippen molar-refractivity contribution in [1.82, 2.24) is 0 Å². The van der Waals surface area contributed by atoms with E-state index in [1.165, 1.54) is 0 Å². The standard InChI is InChI=1S/C23H39NO2Si2/c1-23(2,3)28(9,10)26-18-20(17-25)22(15-16-27(6,7)8)19-11-13-21(14-12-19)24(4)5/h11-14,17,20,22H,18H2,1-10H3/t20-,22-/m1/s1. The first-order valence-electron chi connectivity index (χ1n) is 10.1. The van der Waals surface area contributed by atoms with Gasteiger partial charge in [-0.25, -0.2) is 0 Å². The van der Waals surface area contributed by atoms with Crippen LogP contribution in [0.5, 0.6) is 0 Å². The lowest BCUT2D eigenvalue weighted by Crippen LogP contribution is -2.42. The summed E-state index contributed by atoms with van der Waals surface area (Å²) in [6.07, 6.45) is 1.04. The molecule has 0 N–H and O–H groups in total. The second kappa shape index (κ2) is 9.43. The summed E-state index contributed by atoms with van der Waals surface area (Å²) >= 11 is 0. The predicted molar refractivity (Wildman–Crippen MR) is 127 cm³/mol. The lowest BCUT2D eigenvalue weighted by atomic mass is 9.88. The van der Waals surface area contributed by atoms with Crippen LogP contribution in [-0.4, -0.2) is 43.4 Å². The molecule has 0 bridgehead atoms. The van der Waals surface area contributed by atoms with Gasteiger partial charge in [-0.2, -0.15) is 0 Å². The van der Waals surface area contributed by atoms with E-state index in [4.69, 9.17) is 4.43 Å². The van der Waals surface area contributed by atoms with Gasteiger partial charge in [0.05, 0.1) is 11.8 Å². The average Bonchev–Trinajstić information content (AvgIpc) is 2.56. The molecule has 0 heterocycles. The molecule has 1 aromatic carbocycles. The molecule has 0 aliphatic rings. The van der Waals surface area contributed by atoms with Crippen molar-refractivity contribution >= 4 is 28.4 Å². The molecule has 28 heavy (non-hydrogen) atoms. The van der Waals surface area contributed by atoms with Crippen molar-refractivity contribution in [2.24, 2.45) is 5.92 Å². The number of benzene rings is 1. The number of carbonyl (C=O) groups excluding carboxylic acids is 1. The first kappa shape index (κ1) is 24.7. The maximum atomic E-state index is 12.1. The second-order valence-electron chi connectivity index (χ2n) is 10.4. The average molecular weight is 418 g/mol. The highest BCUT2D eigenvalue weighted by atomic mass is 28.4. The Morgan fingerprint density at radius 1 is 1.07 bits per heavy atom. The highest BCUT2D eigenvalue weighted by Crippen LogP contribution is 2.37. The molecule has 0 saturated heterocycles. The van der Waals surface area contributed by atoms with Crippen LogP contribution >= 0.6 is 0 Å². The summed E-state index contributed by atoms with van der Waals surface area (Å²) in [4.78, 5) is 14.1. The molecule has 0 aromatic heterocycles. The molecule has 0 fully saturated rings. The van der Waals surface area contributed by atoms with E-state index in [1.54, 1.807) is 0 Å². The van der Waals surface area contributed by atoms with Crippen LogP contribution in [0.4, 0.5) is 5.69 Å². The molecule has 0 spiro atoms. The molecule has 1 aromatic rings. The maximum Gasteiger partial charge on any atom is 0.192 e. The van der Waals surface area contributed by atoms with E-state index in [9.17, 15) is 4.79 Å². The van der Waals surface area contributed by atoms with Gasteiger partial charge in [0.1, 0.15) is 14.4 Å². The number of hydrogen-bond acceptors (Lipinski definition) is 3. The van der Waals surface area contributed by atoms with Crippen molar-refractivity contribution in [3.63, 3.8) is 0 Å². The fourth-order valence-corrected chi connectivity index (χ4v) is 4.08. The molecule has 0 aliphatic carbocycles. The van der Waals surface area contributed by atoms with Crippen LogP contribution in [0.15, 0.2) is 24.3 Å². The Hall–Kier alpha value is -1.36. The summed E-state index contributed by atoms with van der Waals surface area (Å²) in [5, 5.41) is 0.118. The van der Waals surface area contributed by atoms with Gasteiger partial charge in [0, 0.05) is 26.4 Å². The zero-order valence-corrected chi connectivity index (χ0v) is 21.5.